The number of nitrogens with zero attached hydrogens (tertiary/aromatic N) is 2. The third kappa shape index (κ3) is 8.73. The van der Waals surface area contributed by atoms with Gasteiger partial charge in [0.15, 0.2) is 0 Å². The molecule has 180 valence electrons. The maximum Gasteiger partial charge on any atom is 0.200 e. The summed E-state index contributed by atoms with van der Waals surface area (Å²) in [6.45, 7) is 25.3. The predicted octanol–water partition coefficient (Wildman–Crippen LogP) is 7.54. The monoisotopic (exact) mass is 478 g/mol. The Hall–Kier alpha value is 0.0506. The van der Waals surface area contributed by atoms with Crippen LogP contribution < -0.4 is 0 Å². The molecular formula is C26H54N2Si3. The maximum atomic E-state index is 2.96. The second kappa shape index (κ2) is 12.0. The highest BCUT2D eigenvalue weighted by Gasteiger charge is 2.40. The van der Waals surface area contributed by atoms with Crippen LogP contribution in [0.1, 0.15) is 52.4 Å². The number of rotatable bonds is 8. The van der Waals surface area contributed by atoms with Gasteiger partial charge in [-0.15, -0.1) is 0 Å². The van der Waals surface area contributed by atoms with Crippen molar-refractivity contribution < 1.29 is 0 Å². The van der Waals surface area contributed by atoms with Crippen LogP contribution >= 0.6 is 0 Å². The smallest absolute Gasteiger partial charge is 0.200 e. The highest BCUT2D eigenvalue weighted by molar-refractivity contribution is 6.82. The molecule has 5 heteroatoms. The summed E-state index contributed by atoms with van der Waals surface area (Å²) >= 11 is 0. The van der Waals surface area contributed by atoms with Crippen LogP contribution in [-0.2, 0) is 0 Å². The molecule has 0 aromatic carbocycles. The van der Waals surface area contributed by atoms with Gasteiger partial charge in [0.2, 0.25) is 8.40 Å². The summed E-state index contributed by atoms with van der Waals surface area (Å²) in [7, 11) is -4.04. The molecule has 0 saturated carbocycles. The molecule has 2 aliphatic heterocycles. The van der Waals surface area contributed by atoms with E-state index in [1.807, 2.05) is 0 Å². The Kier molecular flexibility index (Phi) is 10.5. The quantitative estimate of drug-likeness (QED) is 0.332. The predicted molar refractivity (Wildman–Crippen MR) is 150 cm³/mol. The molecule has 0 amide bonds. The Bertz CT molecular complexity index is 547. The summed E-state index contributed by atoms with van der Waals surface area (Å²) in [5.41, 5.74) is 5.32. The van der Waals surface area contributed by atoms with Crippen molar-refractivity contribution in [3.05, 3.63) is 23.6 Å². The van der Waals surface area contributed by atoms with Crippen LogP contribution in [0, 0.1) is 11.8 Å². The van der Waals surface area contributed by atoms with E-state index in [9.17, 15) is 0 Å². The van der Waals surface area contributed by atoms with E-state index in [1.165, 1.54) is 76.8 Å². The van der Waals surface area contributed by atoms with Gasteiger partial charge < -0.3 is 9.13 Å². The van der Waals surface area contributed by atoms with Gasteiger partial charge in [0.1, 0.15) is 0 Å². The van der Waals surface area contributed by atoms with Crippen molar-refractivity contribution in [1.82, 2.24) is 9.13 Å². The lowest BCUT2D eigenvalue weighted by molar-refractivity contribution is 0.286. The van der Waals surface area contributed by atoms with Crippen LogP contribution in [0.25, 0.3) is 0 Å². The third-order valence-corrected chi connectivity index (χ3v) is 17.2. The maximum absolute atomic E-state index is 2.96. The van der Waals surface area contributed by atoms with Gasteiger partial charge in [-0.1, -0.05) is 101 Å². The molecular weight excluding hydrogens is 425 g/mol. The molecule has 2 nitrogen and oxygen atoms in total. The molecule has 0 bridgehead atoms. The molecule has 0 aromatic heterocycles. The van der Waals surface area contributed by atoms with Crippen LogP contribution in [0.3, 0.4) is 0 Å². The fraction of sp³-hybridized carbons (Fsp3) is 0.846. The molecule has 0 radical (unpaired) electrons. The standard InChI is InChI=1S/C26H54N2Si3/c1-9-11-15-25-21-27(17-13-19-29(3,4)23-25)31(7,8)28-18-14-20-30(5,6)24-26(22-28)16-12-10-2/h13-14,19-20,25-26H,9-12,15-18,21-24H2,1-8H3/b19-13-,20-14-. The second-order valence-corrected chi connectivity index (χ2v) is 26.2. The summed E-state index contributed by atoms with van der Waals surface area (Å²) < 4.78 is 5.92. The van der Waals surface area contributed by atoms with E-state index in [4.69, 9.17) is 0 Å². The molecule has 2 rings (SSSR count). The number of hydrogen-bond donors (Lipinski definition) is 0. The average Bonchev–Trinajstić information content (AvgIpc) is 2.64. The van der Waals surface area contributed by atoms with Crippen molar-refractivity contribution in [2.75, 3.05) is 26.2 Å². The van der Waals surface area contributed by atoms with Crippen molar-refractivity contribution in [2.45, 2.75) is 104 Å². The van der Waals surface area contributed by atoms with Crippen LogP contribution in [0.4, 0.5) is 0 Å². The number of unbranched alkanes of at least 4 members (excludes halogenated alkanes) is 2. The van der Waals surface area contributed by atoms with Crippen molar-refractivity contribution in [3.8, 4) is 0 Å². The van der Waals surface area contributed by atoms with E-state index in [1.54, 1.807) is 0 Å². The minimum absolute atomic E-state index is 0.894. The van der Waals surface area contributed by atoms with E-state index in [0.29, 0.717) is 0 Å². The second-order valence-electron chi connectivity index (χ2n) is 12.5. The van der Waals surface area contributed by atoms with Gasteiger partial charge in [0, 0.05) is 13.1 Å². The Morgan fingerprint density at radius 1 is 0.742 bits per heavy atom. The summed E-state index contributed by atoms with van der Waals surface area (Å²) in [6.07, 6.45) is 13.5. The van der Waals surface area contributed by atoms with Crippen LogP contribution in [0.15, 0.2) is 23.6 Å². The molecule has 0 N–H and O–H groups in total. The third-order valence-electron chi connectivity index (χ3n) is 7.86. The summed E-state index contributed by atoms with van der Waals surface area (Å²) in [5, 5.41) is 0. The normalized spacial score (nSPS) is 30.1. The highest BCUT2D eigenvalue weighted by Crippen LogP contribution is 2.32. The summed E-state index contributed by atoms with van der Waals surface area (Å²) in [4.78, 5) is 0. The summed E-state index contributed by atoms with van der Waals surface area (Å²) in [6, 6.07) is 2.95. The largest absolute Gasteiger partial charge is 0.308 e. The van der Waals surface area contributed by atoms with Crippen LogP contribution in [0.2, 0.25) is 51.4 Å². The minimum Gasteiger partial charge on any atom is -0.308 e. The fourth-order valence-corrected chi connectivity index (χ4v) is 14.3. The van der Waals surface area contributed by atoms with E-state index in [2.05, 4.69) is 85.8 Å². The van der Waals surface area contributed by atoms with Crippen molar-refractivity contribution in [3.63, 3.8) is 0 Å². The first-order valence-corrected chi connectivity index (χ1v) is 22.8. The van der Waals surface area contributed by atoms with Gasteiger partial charge in [-0.3, -0.25) is 0 Å². The molecule has 0 aliphatic carbocycles. The zero-order valence-electron chi connectivity index (χ0n) is 22.3. The Morgan fingerprint density at radius 3 is 1.48 bits per heavy atom. The Morgan fingerprint density at radius 2 is 1.13 bits per heavy atom. The molecule has 2 heterocycles. The number of hydrogen-bond acceptors (Lipinski definition) is 2. The zero-order valence-corrected chi connectivity index (χ0v) is 25.3. The van der Waals surface area contributed by atoms with Gasteiger partial charge in [-0.2, -0.15) is 0 Å². The van der Waals surface area contributed by atoms with E-state index in [0.717, 1.165) is 11.8 Å². The van der Waals surface area contributed by atoms with Gasteiger partial charge in [-0.25, -0.2) is 0 Å². The van der Waals surface area contributed by atoms with Crippen LogP contribution in [-0.4, -0.2) is 59.9 Å². The SMILES string of the molecule is CCCCC1CN([Si](C)(C)N2C/C=C\[Si](C)(C)CC(CCCC)C2)C/C=C\[Si](C)(C)C1. The lowest BCUT2D eigenvalue weighted by atomic mass is 10.0. The van der Waals surface area contributed by atoms with Crippen molar-refractivity contribution in [2.24, 2.45) is 11.8 Å². The van der Waals surface area contributed by atoms with Crippen molar-refractivity contribution >= 4 is 24.5 Å². The molecule has 0 aromatic rings. The fourth-order valence-electron chi connectivity index (χ4n) is 5.99. The van der Waals surface area contributed by atoms with Gasteiger partial charge in [0.05, 0.1) is 16.1 Å². The lowest BCUT2D eigenvalue weighted by Gasteiger charge is -2.48. The molecule has 0 saturated heterocycles. The Labute approximate surface area is 198 Å². The van der Waals surface area contributed by atoms with E-state index >= 15 is 0 Å². The van der Waals surface area contributed by atoms with E-state index < -0.39 is 24.5 Å². The molecule has 2 atom stereocenters. The molecule has 2 aliphatic rings. The average molecular weight is 479 g/mol. The molecule has 0 spiro atoms. The van der Waals surface area contributed by atoms with Crippen LogP contribution in [0.5, 0.6) is 0 Å². The lowest BCUT2D eigenvalue weighted by Crippen LogP contribution is -2.64. The first-order valence-electron chi connectivity index (χ1n) is 13.3. The zero-order chi connectivity index (χ0) is 23.1. The van der Waals surface area contributed by atoms with Crippen molar-refractivity contribution in [1.29, 1.82) is 0 Å². The molecule has 2 unspecified atom stereocenters. The molecule has 31 heavy (non-hydrogen) atoms. The highest BCUT2D eigenvalue weighted by atomic mass is 28.3. The molecule has 0 fully saturated rings. The topological polar surface area (TPSA) is 6.48 Å². The minimum atomic E-state index is -1.67. The summed E-state index contributed by atoms with van der Waals surface area (Å²) in [5.74, 6) is 1.79. The first-order chi connectivity index (χ1) is 14.5. The van der Waals surface area contributed by atoms with E-state index in [-0.39, 0.29) is 0 Å². The van der Waals surface area contributed by atoms with Gasteiger partial charge in [0.25, 0.3) is 0 Å². The van der Waals surface area contributed by atoms with Gasteiger partial charge >= 0.3 is 0 Å². The first kappa shape index (κ1) is 27.3. The van der Waals surface area contributed by atoms with Gasteiger partial charge in [-0.05, 0) is 50.9 Å². The Balaban J connectivity index is 2.24.